The van der Waals surface area contributed by atoms with Crippen LogP contribution < -0.4 is 0 Å². The lowest BCUT2D eigenvalue weighted by Gasteiger charge is -2.36. The van der Waals surface area contributed by atoms with Crippen LogP contribution in [0.25, 0.3) is 0 Å². The van der Waals surface area contributed by atoms with E-state index in [0.29, 0.717) is 13.0 Å². The van der Waals surface area contributed by atoms with Gasteiger partial charge in [-0.2, -0.15) is 0 Å². The van der Waals surface area contributed by atoms with Gasteiger partial charge in [0, 0.05) is 0 Å². The lowest BCUT2D eigenvalue weighted by Crippen LogP contribution is -2.41. The predicted molar refractivity (Wildman–Crippen MR) is 87.6 cm³/mol. The first-order chi connectivity index (χ1) is 9.01. The van der Waals surface area contributed by atoms with E-state index in [9.17, 15) is 4.79 Å². The third kappa shape index (κ3) is 6.71. The standard InChI is InChI=1S/C16H32O3Si/c1-8-9-14(15(17)18)11-10-13(2)12-19-20(6,7)16(3,4)5/h14H,2,8-12H2,1,3-7H3,(H,17,18). The lowest BCUT2D eigenvalue weighted by atomic mass is 9.96. The molecule has 118 valence electrons. The van der Waals surface area contributed by atoms with Crippen LogP contribution in [-0.2, 0) is 9.22 Å². The van der Waals surface area contributed by atoms with Crippen LogP contribution in [-0.4, -0.2) is 26.0 Å². The molecular weight excluding hydrogens is 268 g/mol. The summed E-state index contributed by atoms with van der Waals surface area (Å²) in [5, 5.41) is 9.32. The summed E-state index contributed by atoms with van der Waals surface area (Å²) < 4.78 is 6.10. The van der Waals surface area contributed by atoms with Crippen molar-refractivity contribution in [1.29, 1.82) is 0 Å². The highest BCUT2D eigenvalue weighted by Crippen LogP contribution is 2.36. The van der Waals surface area contributed by atoms with Gasteiger partial charge in [-0.3, -0.25) is 4.79 Å². The molecule has 0 aliphatic carbocycles. The zero-order chi connectivity index (χ0) is 16.0. The van der Waals surface area contributed by atoms with E-state index in [0.717, 1.165) is 24.8 Å². The maximum Gasteiger partial charge on any atom is 0.306 e. The molecule has 1 atom stereocenters. The number of hydrogen-bond donors (Lipinski definition) is 1. The molecule has 20 heavy (non-hydrogen) atoms. The van der Waals surface area contributed by atoms with Crippen molar-refractivity contribution in [2.24, 2.45) is 5.92 Å². The minimum absolute atomic E-state index is 0.194. The highest BCUT2D eigenvalue weighted by Gasteiger charge is 2.37. The van der Waals surface area contributed by atoms with Gasteiger partial charge in [0.25, 0.3) is 0 Å². The van der Waals surface area contributed by atoms with Gasteiger partial charge in [-0.25, -0.2) is 0 Å². The quantitative estimate of drug-likeness (QED) is 0.489. The SMILES string of the molecule is C=C(CCC(CCC)C(=O)O)CO[Si](C)(C)C(C)(C)C. The fourth-order valence-electron chi connectivity index (χ4n) is 1.69. The molecule has 0 aromatic heterocycles. The van der Waals surface area contributed by atoms with Crippen molar-refractivity contribution in [2.45, 2.75) is 71.5 Å². The second kappa shape index (κ2) is 7.98. The lowest BCUT2D eigenvalue weighted by molar-refractivity contribution is -0.142. The molecule has 0 spiro atoms. The molecule has 4 heteroatoms. The Bertz CT molecular complexity index is 329. The molecule has 0 aromatic rings. The summed E-state index contributed by atoms with van der Waals surface area (Å²) in [4.78, 5) is 11.1. The Morgan fingerprint density at radius 1 is 1.30 bits per heavy atom. The molecule has 0 fully saturated rings. The Balaban J connectivity index is 4.22. The Morgan fingerprint density at radius 2 is 1.85 bits per heavy atom. The highest BCUT2D eigenvalue weighted by molar-refractivity contribution is 6.74. The summed E-state index contributed by atoms with van der Waals surface area (Å²) in [6.07, 6.45) is 3.06. The normalized spacial score (nSPS) is 14.1. The molecule has 0 saturated heterocycles. The summed E-state index contributed by atoms with van der Waals surface area (Å²) in [7, 11) is -1.74. The van der Waals surface area contributed by atoms with E-state index >= 15 is 0 Å². The maximum absolute atomic E-state index is 11.1. The summed E-state index contributed by atoms with van der Waals surface area (Å²) >= 11 is 0. The number of carbonyl (C=O) groups is 1. The van der Waals surface area contributed by atoms with Gasteiger partial charge in [-0.1, -0.05) is 46.3 Å². The van der Waals surface area contributed by atoms with Gasteiger partial charge >= 0.3 is 5.97 Å². The minimum Gasteiger partial charge on any atom is -0.481 e. The summed E-state index contributed by atoms with van der Waals surface area (Å²) in [6.45, 7) is 17.7. The third-order valence-corrected chi connectivity index (χ3v) is 8.75. The van der Waals surface area contributed by atoms with E-state index in [2.05, 4.69) is 40.4 Å². The second-order valence-electron chi connectivity index (χ2n) is 7.16. The number of carboxylic acids is 1. The topological polar surface area (TPSA) is 46.5 Å². The van der Waals surface area contributed by atoms with Crippen LogP contribution in [0.5, 0.6) is 0 Å². The van der Waals surface area contributed by atoms with Crippen LogP contribution in [0.2, 0.25) is 18.1 Å². The maximum atomic E-state index is 11.1. The molecule has 0 radical (unpaired) electrons. The largest absolute Gasteiger partial charge is 0.481 e. The van der Waals surface area contributed by atoms with Crippen molar-refractivity contribution in [2.75, 3.05) is 6.61 Å². The van der Waals surface area contributed by atoms with Gasteiger partial charge < -0.3 is 9.53 Å². The molecule has 0 saturated carbocycles. The molecule has 0 bridgehead atoms. The number of rotatable bonds is 9. The predicted octanol–water partition coefficient (Wildman–Crippen LogP) is 4.85. The van der Waals surface area contributed by atoms with Crippen LogP contribution in [0.1, 0.15) is 53.4 Å². The van der Waals surface area contributed by atoms with Crippen LogP contribution >= 0.6 is 0 Å². The van der Waals surface area contributed by atoms with Crippen molar-refractivity contribution in [3.63, 3.8) is 0 Å². The van der Waals surface area contributed by atoms with E-state index in [1.165, 1.54) is 0 Å². The molecule has 3 nitrogen and oxygen atoms in total. The van der Waals surface area contributed by atoms with E-state index < -0.39 is 14.3 Å². The van der Waals surface area contributed by atoms with Crippen molar-refractivity contribution in [3.05, 3.63) is 12.2 Å². The monoisotopic (exact) mass is 300 g/mol. The third-order valence-electron chi connectivity index (χ3n) is 4.28. The first-order valence-corrected chi connectivity index (χ1v) is 10.5. The summed E-state index contributed by atoms with van der Waals surface area (Å²) in [5.41, 5.74) is 1.01. The van der Waals surface area contributed by atoms with Gasteiger partial charge in [0.1, 0.15) is 0 Å². The van der Waals surface area contributed by atoms with E-state index in [-0.39, 0.29) is 11.0 Å². The molecule has 0 aliphatic heterocycles. The summed E-state index contributed by atoms with van der Waals surface area (Å²) in [6, 6.07) is 0. The van der Waals surface area contributed by atoms with Gasteiger partial charge in [0.2, 0.25) is 0 Å². The number of aliphatic carboxylic acids is 1. The Labute approximate surface area is 125 Å². The minimum atomic E-state index is -1.74. The van der Waals surface area contributed by atoms with Gasteiger partial charge in [0.05, 0.1) is 12.5 Å². The molecule has 0 amide bonds. The van der Waals surface area contributed by atoms with Crippen molar-refractivity contribution in [3.8, 4) is 0 Å². The molecule has 0 aromatic carbocycles. The average Bonchev–Trinajstić information content (AvgIpc) is 2.30. The van der Waals surface area contributed by atoms with Crippen LogP contribution in [0.4, 0.5) is 0 Å². The molecule has 1 unspecified atom stereocenters. The van der Waals surface area contributed by atoms with E-state index in [4.69, 9.17) is 9.53 Å². The number of carboxylic acid groups (broad SMARTS) is 1. The zero-order valence-corrected chi connectivity index (χ0v) is 15.1. The zero-order valence-electron chi connectivity index (χ0n) is 14.1. The summed E-state index contributed by atoms with van der Waals surface area (Å²) in [5.74, 6) is -0.936. The van der Waals surface area contributed by atoms with E-state index in [1.54, 1.807) is 0 Å². The first-order valence-electron chi connectivity index (χ1n) is 7.54. The van der Waals surface area contributed by atoms with Gasteiger partial charge in [0.15, 0.2) is 8.32 Å². The van der Waals surface area contributed by atoms with Gasteiger partial charge in [-0.05, 0) is 37.4 Å². The molecule has 1 N–H and O–H groups in total. The highest BCUT2D eigenvalue weighted by atomic mass is 28.4. The molecule has 0 heterocycles. The average molecular weight is 301 g/mol. The van der Waals surface area contributed by atoms with Crippen LogP contribution in [0, 0.1) is 5.92 Å². The fourth-order valence-corrected chi connectivity index (χ4v) is 2.69. The second-order valence-corrected chi connectivity index (χ2v) is 12.0. The van der Waals surface area contributed by atoms with Crippen molar-refractivity contribution >= 4 is 14.3 Å². The Hall–Kier alpha value is -0.613. The van der Waals surface area contributed by atoms with Crippen LogP contribution in [0.15, 0.2) is 12.2 Å². The fraction of sp³-hybridized carbons (Fsp3) is 0.812. The van der Waals surface area contributed by atoms with Gasteiger partial charge in [-0.15, -0.1) is 0 Å². The Kier molecular flexibility index (Phi) is 7.74. The molecule has 0 rings (SSSR count). The van der Waals surface area contributed by atoms with Crippen molar-refractivity contribution in [1.82, 2.24) is 0 Å². The smallest absolute Gasteiger partial charge is 0.306 e. The van der Waals surface area contributed by atoms with Crippen LogP contribution in [0.3, 0.4) is 0 Å². The Morgan fingerprint density at radius 3 is 2.25 bits per heavy atom. The number of hydrogen-bond acceptors (Lipinski definition) is 2. The molecule has 0 aliphatic rings. The molecular formula is C16H32O3Si. The first kappa shape index (κ1) is 19.4. The van der Waals surface area contributed by atoms with E-state index in [1.807, 2.05) is 6.92 Å². The van der Waals surface area contributed by atoms with Crippen molar-refractivity contribution < 1.29 is 14.3 Å².